The van der Waals surface area contributed by atoms with Gasteiger partial charge in [-0.05, 0) is 98.5 Å². The van der Waals surface area contributed by atoms with Crippen molar-refractivity contribution in [2.24, 2.45) is 0 Å². The van der Waals surface area contributed by atoms with Crippen LogP contribution in [0, 0.1) is 6.92 Å². The highest BCUT2D eigenvalue weighted by Gasteiger charge is 2.37. The van der Waals surface area contributed by atoms with Crippen LogP contribution < -0.4 is 20.3 Å². The average Bonchev–Trinajstić information content (AvgIpc) is 2.85. The quantitative estimate of drug-likeness (QED) is 0.208. The van der Waals surface area contributed by atoms with Crippen molar-refractivity contribution < 1.29 is 23.9 Å². The van der Waals surface area contributed by atoms with E-state index >= 15 is 0 Å². The molecule has 5 amide bonds. The van der Waals surface area contributed by atoms with Gasteiger partial charge in [-0.3, -0.25) is 19.7 Å². The highest BCUT2D eigenvalue weighted by Crippen LogP contribution is 2.36. The molecule has 0 bridgehead atoms. The Hall–Kier alpha value is -2.89. The number of halogens is 5. The van der Waals surface area contributed by atoms with Gasteiger partial charge in [0.05, 0.1) is 24.7 Å². The van der Waals surface area contributed by atoms with Crippen LogP contribution in [0.15, 0.2) is 63.0 Å². The maximum atomic E-state index is 13.2. The lowest BCUT2D eigenvalue weighted by Crippen LogP contribution is -2.54. The number of amides is 5. The molecule has 0 radical (unpaired) electrons. The molecule has 13 heteroatoms. The van der Waals surface area contributed by atoms with Crippen LogP contribution in [0.1, 0.15) is 11.1 Å². The fourth-order valence-electron chi connectivity index (χ4n) is 3.49. The van der Waals surface area contributed by atoms with Crippen molar-refractivity contribution in [3.05, 3.63) is 89.2 Å². The molecule has 2 N–H and O–H groups in total. The average molecular weight is 717 g/mol. The summed E-state index contributed by atoms with van der Waals surface area (Å²) in [5.74, 6) is -1.79. The zero-order valence-corrected chi connectivity index (χ0v) is 25.2. The number of aryl methyl sites for hydroxylation is 1. The third kappa shape index (κ3) is 6.64. The van der Waals surface area contributed by atoms with E-state index in [1.54, 1.807) is 30.3 Å². The molecule has 0 saturated carbocycles. The number of urea groups is 1. The summed E-state index contributed by atoms with van der Waals surface area (Å²) in [6.45, 7) is 1.55. The number of nitrogens with one attached hydrogen (secondary N) is 2. The van der Waals surface area contributed by atoms with Crippen LogP contribution >= 0.6 is 66.7 Å². The Morgan fingerprint density at radius 3 is 2.31 bits per heavy atom. The Morgan fingerprint density at radius 1 is 0.974 bits per heavy atom. The molecule has 1 heterocycles. The van der Waals surface area contributed by atoms with Crippen LogP contribution in [0.5, 0.6) is 5.75 Å². The van der Waals surface area contributed by atoms with Crippen molar-refractivity contribution in [1.29, 1.82) is 0 Å². The number of hydrogen-bond acceptors (Lipinski definition) is 5. The first-order valence-electron chi connectivity index (χ1n) is 11.0. The van der Waals surface area contributed by atoms with Crippen molar-refractivity contribution in [2.75, 3.05) is 16.8 Å². The van der Waals surface area contributed by atoms with E-state index in [1.165, 1.54) is 24.3 Å². The lowest BCUT2D eigenvalue weighted by Gasteiger charge is -2.26. The summed E-state index contributed by atoms with van der Waals surface area (Å²) >= 11 is 24.8. The third-order valence-electron chi connectivity index (χ3n) is 5.40. The molecule has 3 aromatic carbocycles. The van der Waals surface area contributed by atoms with E-state index in [1.807, 2.05) is 6.92 Å². The number of benzene rings is 3. The zero-order valence-electron chi connectivity index (χ0n) is 19.8. The van der Waals surface area contributed by atoms with E-state index in [-0.39, 0.29) is 27.9 Å². The van der Waals surface area contributed by atoms with Crippen LogP contribution in [0.3, 0.4) is 0 Å². The maximum Gasteiger partial charge on any atom is 0.335 e. The number of rotatable bonds is 6. The summed E-state index contributed by atoms with van der Waals surface area (Å²) in [5.41, 5.74) is 1.70. The second kappa shape index (κ2) is 12.1. The van der Waals surface area contributed by atoms with E-state index in [2.05, 4.69) is 42.5 Å². The normalized spacial score (nSPS) is 14.5. The highest BCUT2D eigenvalue weighted by molar-refractivity contribution is 9.11. The van der Waals surface area contributed by atoms with Gasteiger partial charge < -0.3 is 10.1 Å². The predicted octanol–water partition coefficient (Wildman–Crippen LogP) is 7.16. The van der Waals surface area contributed by atoms with Gasteiger partial charge in [-0.1, -0.05) is 40.9 Å². The van der Waals surface area contributed by atoms with E-state index in [0.29, 0.717) is 31.0 Å². The first kappa shape index (κ1) is 29.1. The van der Waals surface area contributed by atoms with Gasteiger partial charge in [0.25, 0.3) is 17.7 Å². The Balaban J connectivity index is 1.52. The van der Waals surface area contributed by atoms with E-state index in [0.717, 1.165) is 10.5 Å². The van der Waals surface area contributed by atoms with Crippen molar-refractivity contribution in [1.82, 2.24) is 5.32 Å². The smallest absolute Gasteiger partial charge is 0.335 e. The fourth-order valence-corrected chi connectivity index (χ4v) is 5.41. The number of barbiturate groups is 1. The van der Waals surface area contributed by atoms with Gasteiger partial charge in [0.15, 0.2) is 6.61 Å². The monoisotopic (exact) mass is 713 g/mol. The first-order chi connectivity index (χ1) is 18.4. The Labute approximate surface area is 254 Å². The molecule has 1 aliphatic heterocycles. The van der Waals surface area contributed by atoms with Gasteiger partial charge >= 0.3 is 6.03 Å². The number of imide groups is 2. The van der Waals surface area contributed by atoms with E-state index in [4.69, 9.17) is 39.5 Å². The van der Waals surface area contributed by atoms with Crippen molar-refractivity contribution >= 4 is 108 Å². The summed E-state index contributed by atoms with van der Waals surface area (Å²) in [7, 11) is 0. The van der Waals surface area contributed by atoms with Crippen molar-refractivity contribution in [3.63, 3.8) is 0 Å². The molecule has 0 atom stereocenters. The molecule has 3 aromatic rings. The number of carbonyl (C=O) groups excluding carboxylic acids is 4. The SMILES string of the molecule is Cc1ccc(NC(=O)COc2c(Br)cc(/C=C3/C(=O)NC(=O)N(c4ccc(Cl)c(Cl)c4)C3=O)cc2Br)cc1Cl. The number of carbonyl (C=O) groups is 4. The summed E-state index contributed by atoms with van der Waals surface area (Å²) in [6, 6.07) is 11.6. The fraction of sp³-hybridized carbons (Fsp3) is 0.0769. The number of anilines is 2. The summed E-state index contributed by atoms with van der Waals surface area (Å²) < 4.78 is 6.55. The third-order valence-corrected chi connectivity index (χ3v) is 7.72. The molecule has 39 heavy (non-hydrogen) atoms. The van der Waals surface area contributed by atoms with Gasteiger partial charge in [0.1, 0.15) is 11.3 Å². The molecule has 1 saturated heterocycles. The predicted molar refractivity (Wildman–Crippen MR) is 158 cm³/mol. The summed E-state index contributed by atoms with van der Waals surface area (Å²) in [6.07, 6.45) is 1.32. The topological polar surface area (TPSA) is 105 Å². The molecule has 1 aliphatic rings. The number of hydrogen-bond donors (Lipinski definition) is 2. The summed E-state index contributed by atoms with van der Waals surface area (Å²) in [5, 5.41) is 5.75. The van der Waals surface area contributed by atoms with Gasteiger partial charge in [0.2, 0.25) is 0 Å². The molecular weight excluding hydrogens is 700 g/mol. The van der Waals surface area contributed by atoms with Crippen LogP contribution in [0.2, 0.25) is 15.1 Å². The molecule has 200 valence electrons. The Bertz CT molecular complexity index is 1560. The first-order valence-corrected chi connectivity index (χ1v) is 13.7. The molecular formula is C26H16Br2Cl3N3O5. The molecule has 0 aromatic heterocycles. The number of ether oxygens (including phenoxy) is 1. The van der Waals surface area contributed by atoms with E-state index < -0.39 is 23.8 Å². The van der Waals surface area contributed by atoms with Gasteiger partial charge in [-0.25, -0.2) is 9.69 Å². The Kier molecular flexibility index (Phi) is 9.03. The molecule has 1 fully saturated rings. The molecule has 0 aliphatic carbocycles. The van der Waals surface area contributed by atoms with Crippen LogP contribution in [-0.2, 0) is 14.4 Å². The minimum atomic E-state index is -0.919. The Morgan fingerprint density at radius 2 is 1.67 bits per heavy atom. The van der Waals surface area contributed by atoms with Crippen molar-refractivity contribution in [3.8, 4) is 5.75 Å². The lowest BCUT2D eigenvalue weighted by atomic mass is 10.1. The largest absolute Gasteiger partial charge is 0.481 e. The molecule has 8 nitrogen and oxygen atoms in total. The molecule has 0 spiro atoms. The minimum Gasteiger partial charge on any atom is -0.481 e. The minimum absolute atomic E-state index is 0.136. The van der Waals surface area contributed by atoms with Gasteiger partial charge in [-0.2, -0.15) is 0 Å². The second-order valence-electron chi connectivity index (χ2n) is 8.17. The second-order valence-corrected chi connectivity index (χ2v) is 11.1. The zero-order chi connectivity index (χ0) is 28.4. The lowest BCUT2D eigenvalue weighted by molar-refractivity contribution is -0.122. The van der Waals surface area contributed by atoms with E-state index in [9.17, 15) is 19.2 Å². The number of nitrogens with zero attached hydrogens (tertiary/aromatic N) is 1. The summed E-state index contributed by atoms with van der Waals surface area (Å²) in [4.78, 5) is 51.3. The van der Waals surface area contributed by atoms with Gasteiger partial charge in [0, 0.05) is 10.7 Å². The van der Waals surface area contributed by atoms with Crippen molar-refractivity contribution in [2.45, 2.75) is 6.92 Å². The highest BCUT2D eigenvalue weighted by atomic mass is 79.9. The van der Waals surface area contributed by atoms with Gasteiger partial charge in [-0.15, -0.1) is 0 Å². The molecule has 0 unspecified atom stereocenters. The maximum absolute atomic E-state index is 13.2. The van der Waals surface area contributed by atoms with Crippen LogP contribution in [-0.4, -0.2) is 30.4 Å². The van der Waals surface area contributed by atoms with Crippen LogP contribution in [0.4, 0.5) is 16.2 Å². The standard InChI is InChI=1S/C26H16Br2Cl3N3O5/c1-12-2-3-14(9-20(12)30)32-22(35)11-39-23-17(27)7-13(8-18(23)28)6-16-24(36)33-26(38)34(25(16)37)15-4-5-19(29)21(31)10-15/h2-10H,11H2,1H3,(H,32,35)(H,33,36,38)/b16-6-. The van der Waals surface area contributed by atoms with Crippen LogP contribution in [0.25, 0.3) is 6.08 Å². The molecule has 4 rings (SSSR count).